The fourth-order valence-electron chi connectivity index (χ4n) is 3.88. The van der Waals surface area contributed by atoms with Crippen LogP contribution in [0, 0.1) is 0 Å². The molecule has 0 aliphatic carbocycles. The average Bonchev–Trinajstić information content (AvgIpc) is 3.47. The number of fused-ring (bicyclic) bond motifs is 1. The molecule has 0 amide bonds. The van der Waals surface area contributed by atoms with Gasteiger partial charge in [-0.1, -0.05) is 29.8 Å². The molecule has 5 rings (SSSR count). The minimum Gasteiger partial charge on any atom is -0.497 e. The largest absolute Gasteiger partial charge is 0.497 e. The number of rotatable bonds is 6. The molecule has 1 aliphatic heterocycles. The third-order valence-electron chi connectivity index (χ3n) is 5.46. The lowest BCUT2D eigenvalue weighted by atomic mass is 9.97. The number of nitrogens with zero attached hydrogens (tertiary/aromatic N) is 4. The summed E-state index contributed by atoms with van der Waals surface area (Å²) in [7, 11) is 1.59. The van der Waals surface area contributed by atoms with Crippen LogP contribution in [0.15, 0.2) is 83.3 Å². The topological polar surface area (TPSA) is 78.1 Å². The van der Waals surface area contributed by atoms with Crippen LogP contribution in [0.25, 0.3) is 10.9 Å². The van der Waals surface area contributed by atoms with Crippen molar-refractivity contribution in [3.05, 3.63) is 94.9 Å². The number of ether oxygens (including phenoxy) is 2. The van der Waals surface area contributed by atoms with Crippen molar-refractivity contribution in [3.63, 3.8) is 0 Å². The maximum absolute atomic E-state index is 13.9. The maximum atomic E-state index is 13.9. The Hall–Kier alpha value is -3.55. The quantitative estimate of drug-likeness (QED) is 0.380. The van der Waals surface area contributed by atoms with Crippen molar-refractivity contribution in [1.82, 2.24) is 9.55 Å². The molecule has 0 radical (unpaired) electrons. The van der Waals surface area contributed by atoms with E-state index < -0.39 is 5.72 Å². The minimum atomic E-state index is -1.61. The number of methoxy groups -OCH3 is 1. The number of aromatic nitrogens is 2. The summed E-state index contributed by atoms with van der Waals surface area (Å²) in [6.45, 7) is 0.557. The molecule has 32 heavy (non-hydrogen) atoms. The number of benzene rings is 2. The predicted octanol–water partition coefficient (Wildman–Crippen LogP) is 5.22. The molecule has 0 fully saturated rings. The lowest BCUT2D eigenvalue weighted by molar-refractivity contribution is 0.000877. The predicted molar refractivity (Wildman–Crippen MR) is 120 cm³/mol. The van der Waals surface area contributed by atoms with Crippen LogP contribution in [0.4, 0.5) is 0 Å². The third-order valence-corrected chi connectivity index (χ3v) is 5.71. The third kappa shape index (κ3) is 3.45. The standard InChI is InChI=1S/C24H19ClN4O3/c1-31-18-9-10-21-19(12-18)20(14-29(21)13-16-5-7-17(25)8-6-16)23(30)24(28-27-15-32-24)22-4-2-3-11-26-22/h2-12,14H,13,15H2,1H3. The molecule has 4 aromatic rings. The van der Waals surface area contributed by atoms with E-state index in [2.05, 4.69) is 15.2 Å². The van der Waals surface area contributed by atoms with Gasteiger partial charge in [0.15, 0.2) is 6.73 Å². The molecule has 0 saturated heterocycles. The Morgan fingerprint density at radius 2 is 2.03 bits per heavy atom. The van der Waals surface area contributed by atoms with Gasteiger partial charge in [-0.3, -0.25) is 9.78 Å². The van der Waals surface area contributed by atoms with Gasteiger partial charge in [-0.2, -0.15) is 5.11 Å². The Morgan fingerprint density at radius 1 is 1.19 bits per heavy atom. The van der Waals surface area contributed by atoms with Crippen LogP contribution < -0.4 is 4.74 Å². The Balaban J connectivity index is 1.65. The van der Waals surface area contributed by atoms with Gasteiger partial charge in [0.1, 0.15) is 11.4 Å². The van der Waals surface area contributed by atoms with Gasteiger partial charge in [0, 0.05) is 40.4 Å². The number of hydrogen-bond donors (Lipinski definition) is 0. The smallest absolute Gasteiger partial charge is 0.287 e. The summed E-state index contributed by atoms with van der Waals surface area (Å²) in [5.41, 5.74) is 1.18. The van der Waals surface area contributed by atoms with Crippen LogP contribution in [0.1, 0.15) is 21.6 Å². The Labute approximate surface area is 189 Å². The first-order chi connectivity index (χ1) is 15.6. The maximum Gasteiger partial charge on any atom is 0.287 e. The number of carbonyl (C=O) groups is 1. The van der Waals surface area contributed by atoms with E-state index in [1.165, 1.54) is 0 Å². The highest BCUT2D eigenvalue weighted by Gasteiger charge is 2.47. The van der Waals surface area contributed by atoms with Gasteiger partial charge in [0.2, 0.25) is 5.78 Å². The van der Waals surface area contributed by atoms with Gasteiger partial charge in [-0.05, 0) is 48.0 Å². The molecule has 160 valence electrons. The summed E-state index contributed by atoms with van der Waals surface area (Å²) >= 11 is 6.03. The second-order valence-electron chi connectivity index (χ2n) is 7.38. The first kappa shape index (κ1) is 20.4. The van der Waals surface area contributed by atoms with Crippen molar-refractivity contribution in [3.8, 4) is 5.75 Å². The van der Waals surface area contributed by atoms with E-state index in [1.54, 1.807) is 31.5 Å². The highest BCUT2D eigenvalue weighted by molar-refractivity contribution is 6.30. The molecule has 2 aromatic heterocycles. The fourth-order valence-corrected chi connectivity index (χ4v) is 4.01. The van der Waals surface area contributed by atoms with E-state index in [0.29, 0.717) is 28.6 Å². The van der Waals surface area contributed by atoms with Crippen molar-refractivity contribution >= 4 is 28.3 Å². The van der Waals surface area contributed by atoms with Gasteiger partial charge >= 0.3 is 0 Å². The van der Waals surface area contributed by atoms with E-state index >= 15 is 0 Å². The molecule has 8 heteroatoms. The highest BCUT2D eigenvalue weighted by Crippen LogP contribution is 2.37. The van der Waals surface area contributed by atoms with E-state index in [4.69, 9.17) is 21.1 Å². The molecule has 0 N–H and O–H groups in total. The van der Waals surface area contributed by atoms with Gasteiger partial charge in [-0.15, -0.1) is 5.11 Å². The molecule has 1 unspecified atom stereocenters. The zero-order chi connectivity index (χ0) is 22.1. The monoisotopic (exact) mass is 446 g/mol. The van der Waals surface area contributed by atoms with Gasteiger partial charge in [-0.25, -0.2) is 0 Å². The lowest BCUT2D eigenvalue weighted by Gasteiger charge is -2.21. The van der Waals surface area contributed by atoms with E-state index in [1.807, 2.05) is 53.2 Å². The van der Waals surface area contributed by atoms with Crippen molar-refractivity contribution in [2.45, 2.75) is 12.3 Å². The summed E-state index contributed by atoms with van der Waals surface area (Å²) in [6.07, 6.45) is 3.43. The van der Waals surface area contributed by atoms with Crippen LogP contribution in [-0.4, -0.2) is 29.2 Å². The first-order valence-electron chi connectivity index (χ1n) is 10.0. The van der Waals surface area contributed by atoms with Crippen molar-refractivity contribution < 1.29 is 14.3 Å². The van der Waals surface area contributed by atoms with Crippen LogP contribution in [0.2, 0.25) is 5.02 Å². The molecule has 0 saturated carbocycles. The Kier molecular flexibility index (Phi) is 5.20. The van der Waals surface area contributed by atoms with E-state index in [9.17, 15) is 4.79 Å². The van der Waals surface area contributed by atoms with Gasteiger partial charge < -0.3 is 14.0 Å². The number of ketones is 1. The second-order valence-corrected chi connectivity index (χ2v) is 7.82. The molecule has 2 aromatic carbocycles. The normalized spacial score (nSPS) is 17.7. The SMILES string of the molecule is COc1ccc2c(c1)c(C(=O)C1(c3ccccn3)N=NCO1)cn2Cc1ccc(Cl)cc1. The van der Waals surface area contributed by atoms with Gasteiger partial charge in [0.05, 0.1) is 7.11 Å². The summed E-state index contributed by atoms with van der Waals surface area (Å²) in [4.78, 5) is 18.2. The average molecular weight is 447 g/mol. The number of halogens is 1. The zero-order valence-corrected chi connectivity index (χ0v) is 18.0. The van der Waals surface area contributed by atoms with E-state index in [0.717, 1.165) is 16.5 Å². The number of pyridine rings is 1. The van der Waals surface area contributed by atoms with Gasteiger partial charge in [0.25, 0.3) is 5.72 Å². The molecular weight excluding hydrogens is 428 g/mol. The Morgan fingerprint density at radius 3 is 2.72 bits per heavy atom. The minimum absolute atomic E-state index is 0.00491. The second kappa shape index (κ2) is 8.18. The number of azo groups is 1. The number of carbonyl (C=O) groups excluding carboxylic acids is 1. The highest BCUT2D eigenvalue weighted by atomic mass is 35.5. The number of Topliss-reactive ketones (excluding diaryl/α,β-unsaturated/α-hetero) is 1. The van der Waals surface area contributed by atoms with Crippen molar-refractivity contribution in [2.24, 2.45) is 10.2 Å². The summed E-state index contributed by atoms with van der Waals surface area (Å²) in [6, 6.07) is 18.6. The molecule has 0 spiro atoms. The van der Waals surface area contributed by atoms with Crippen LogP contribution in [0.5, 0.6) is 5.75 Å². The molecule has 3 heterocycles. The van der Waals surface area contributed by atoms with Crippen LogP contribution >= 0.6 is 11.6 Å². The fraction of sp³-hybridized carbons (Fsp3) is 0.167. The summed E-state index contributed by atoms with van der Waals surface area (Å²) in [5, 5.41) is 9.57. The Bertz CT molecular complexity index is 1320. The summed E-state index contributed by atoms with van der Waals surface area (Å²) < 4.78 is 13.2. The molecule has 1 aliphatic rings. The van der Waals surface area contributed by atoms with Crippen LogP contribution in [0.3, 0.4) is 0 Å². The molecule has 0 bridgehead atoms. The zero-order valence-electron chi connectivity index (χ0n) is 17.2. The van der Waals surface area contributed by atoms with Crippen molar-refractivity contribution in [1.29, 1.82) is 0 Å². The first-order valence-corrected chi connectivity index (χ1v) is 10.4. The number of hydrogen-bond acceptors (Lipinski definition) is 6. The summed E-state index contributed by atoms with van der Waals surface area (Å²) in [5.74, 6) is 0.321. The molecule has 1 atom stereocenters. The lowest BCUT2D eigenvalue weighted by Crippen LogP contribution is -2.35. The molecular formula is C24H19ClN4O3. The molecule has 7 nitrogen and oxygen atoms in total. The van der Waals surface area contributed by atoms with E-state index in [-0.39, 0.29) is 12.5 Å². The van der Waals surface area contributed by atoms with Crippen LogP contribution in [-0.2, 0) is 17.0 Å². The van der Waals surface area contributed by atoms with Crippen molar-refractivity contribution in [2.75, 3.05) is 13.8 Å².